The van der Waals surface area contributed by atoms with Gasteiger partial charge in [0.1, 0.15) is 0 Å². The van der Waals surface area contributed by atoms with Crippen LogP contribution in [-0.4, -0.2) is 6.54 Å². The van der Waals surface area contributed by atoms with Crippen molar-refractivity contribution in [2.45, 2.75) is 71.8 Å². The molecule has 1 saturated carbocycles. The largest absolute Gasteiger partial charge is 0.310 e. The van der Waals surface area contributed by atoms with E-state index in [1.807, 2.05) is 0 Å². The quantitative estimate of drug-likeness (QED) is 0.793. The van der Waals surface area contributed by atoms with E-state index in [0.29, 0.717) is 11.5 Å². The molecule has 20 heavy (non-hydrogen) atoms. The number of hydrogen-bond acceptors (Lipinski definition) is 1. The third-order valence-electron chi connectivity index (χ3n) is 4.96. The predicted molar refractivity (Wildman–Crippen MR) is 88.1 cm³/mol. The third-order valence-corrected chi connectivity index (χ3v) is 4.96. The molecule has 1 aliphatic rings. The van der Waals surface area contributed by atoms with Crippen LogP contribution < -0.4 is 5.32 Å². The van der Waals surface area contributed by atoms with E-state index in [0.717, 1.165) is 6.54 Å². The molecule has 1 heteroatoms. The highest BCUT2D eigenvalue weighted by Gasteiger charge is 2.37. The Morgan fingerprint density at radius 1 is 1.10 bits per heavy atom. The highest BCUT2D eigenvalue weighted by molar-refractivity contribution is 5.30. The minimum Gasteiger partial charge on any atom is -0.310 e. The van der Waals surface area contributed by atoms with Gasteiger partial charge in [0.15, 0.2) is 0 Å². The summed E-state index contributed by atoms with van der Waals surface area (Å²) < 4.78 is 0. The maximum atomic E-state index is 3.74. The van der Waals surface area contributed by atoms with Crippen LogP contribution in [0.15, 0.2) is 24.3 Å². The van der Waals surface area contributed by atoms with E-state index in [-0.39, 0.29) is 5.41 Å². The topological polar surface area (TPSA) is 12.0 Å². The minimum absolute atomic E-state index is 0.240. The number of rotatable bonds is 4. The molecule has 0 aliphatic heterocycles. The van der Waals surface area contributed by atoms with Gasteiger partial charge in [-0.2, -0.15) is 0 Å². The van der Waals surface area contributed by atoms with Gasteiger partial charge in [-0.3, -0.25) is 0 Å². The van der Waals surface area contributed by atoms with Gasteiger partial charge in [-0.05, 0) is 41.3 Å². The van der Waals surface area contributed by atoms with Gasteiger partial charge >= 0.3 is 0 Å². The molecule has 0 radical (unpaired) electrons. The lowest BCUT2D eigenvalue weighted by atomic mass is 9.76. The van der Waals surface area contributed by atoms with E-state index < -0.39 is 0 Å². The van der Waals surface area contributed by atoms with Crippen LogP contribution in [0.1, 0.15) is 77.5 Å². The van der Waals surface area contributed by atoms with Crippen molar-refractivity contribution in [3.8, 4) is 0 Å². The molecule has 1 aromatic rings. The van der Waals surface area contributed by atoms with Crippen LogP contribution in [0.25, 0.3) is 0 Å². The fraction of sp³-hybridized carbons (Fsp3) is 0.684. The Bertz CT molecular complexity index is 418. The molecule has 0 saturated heterocycles. The Kier molecular flexibility index (Phi) is 4.59. The van der Waals surface area contributed by atoms with E-state index in [1.165, 1.54) is 36.8 Å². The zero-order chi connectivity index (χ0) is 14.8. The van der Waals surface area contributed by atoms with Crippen LogP contribution in [0.4, 0.5) is 0 Å². The van der Waals surface area contributed by atoms with Crippen LogP contribution in [0, 0.1) is 5.41 Å². The second-order valence-electron chi connectivity index (χ2n) is 7.72. The number of benzene rings is 1. The molecule has 1 atom stereocenters. The lowest BCUT2D eigenvalue weighted by Crippen LogP contribution is -2.34. The van der Waals surface area contributed by atoms with Crippen molar-refractivity contribution in [2.24, 2.45) is 5.41 Å². The lowest BCUT2D eigenvalue weighted by Gasteiger charge is -2.35. The van der Waals surface area contributed by atoms with Gasteiger partial charge in [-0.1, -0.05) is 71.7 Å². The SMILES string of the molecule is CCNC(c1ccc(C(C)(C)C)cc1)C1(C)CCCC1. The second-order valence-corrected chi connectivity index (χ2v) is 7.72. The van der Waals surface area contributed by atoms with Crippen LogP contribution >= 0.6 is 0 Å². The van der Waals surface area contributed by atoms with Gasteiger partial charge in [0, 0.05) is 6.04 Å². The first-order chi connectivity index (χ1) is 9.37. The molecular weight excluding hydrogens is 242 g/mol. The first kappa shape index (κ1) is 15.6. The van der Waals surface area contributed by atoms with Crippen molar-refractivity contribution in [2.75, 3.05) is 6.54 Å². The van der Waals surface area contributed by atoms with Crippen LogP contribution in [0.5, 0.6) is 0 Å². The van der Waals surface area contributed by atoms with Gasteiger partial charge in [0.2, 0.25) is 0 Å². The molecule has 1 unspecified atom stereocenters. The van der Waals surface area contributed by atoms with Gasteiger partial charge in [-0.15, -0.1) is 0 Å². The highest BCUT2D eigenvalue weighted by atomic mass is 14.9. The lowest BCUT2D eigenvalue weighted by molar-refractivity contribution is 0.226. The molecule has 2 rings (SSSR count). The summed E-state index contributed by atoms with van der Waals surface area (Å²) in [5.41, 5.74) is 3.56. The van der Waals surface area contributed by atoms with E-state index in [2.05, 4.69) is 64.2 Å². The fourth-order valence-corrected chi connectivity index (χ4v) is 3.62. The zero-order valence-electron chi connectivity index (χ0n) is 13.9. The Morgan fingerprint density at radius 3 is 2.10 bits per heavy atom. The molecule has 0 aromatic heterocycles. The summed E-state index contributed by atoms with van der Waals surface area (Å²) in [5, 5.41) is 3.74. The van der Waals surface area contributed by atoms with Gasteiger partial charge in [0.05, 0.1) is 0 Å². The first-order valence-electron chi connectivity index (χ1n) is 8.21. The Hall–Kier alpha value is -0.820. The van der Waals surface area contributed by atoms with Crippen molar-refractivity contribution in [1.29, 1.82) is 0 Å². The first-order valence-corrected chi connectivity index (χ1v) is 8.21. The Balaban J connectivity index is 2.26. The maximum Gasteiger partial charge on any atom is 0.0374 e. The molecule has 1 aliphatic carbocycles. The monoisotopic (exact) mass is 273 g/mol. The number of nitrogens with one attached hydrogen (secondary N) is 1. The molecule has 112 valence electrons. The van der Waals surface area contributed by atoms with Crippen molar-refractivity contribution in [3.63, 3.8) is 0 Å². The van der Waals surface area contributed by atoms with E-state index in [1.54, 1.807) is 0 Å². The normalized spacial score (nSPS) is 20.1. The molecular formula is C19H31N. The summed E-state index contributed by atoms with van der Waals surface area (Å²) in [6.45, 7) is 12.6. The summed E-state index contributed by atoms with van der Waals surface area (Å²) in [7, 11) is 0. The molecule has 1 aromatic carbocycles. The van der Waals surface area contributed by atoms with Crippen LogP contribution in [0.2, 0.25) is 0 Å². The molecule has 0 heterocycles. The van der Waals surface area contributed by atoms with Gasteiger partial charge < -0.3 is 5.32 Å². The summed E-state index contributed by atoms with van der Waals surface area (Å²) in [6.07, 6.45) is 5.48. The van der Waals surface area contributed by atoms with Gasteiger partial charge in [0.25, 0.3) is 0 Å². The van der Waals surface area contributed by atoms with Crippen molar-refractivity contribution < 1.29 is 0 Å². The van der Waals surface area contributed by atoms with E-state index in [9.17, 15) is 0 Å². The molecule has 1 nitrogen and oxygen atoms in total. The average molecular weight is 273 g/mol. The second kappa shape index (κ2) is 5.89. The summed E-state index contributed by atoms with van der Waals surface area (Å²) in [4.78, 5) is 0. The predicted octanol–water partition coefficient (Wildman–Crippen LogP) is 5.22. The maximum absolute atomic E-state index is 3.74. The smallest absolute Gasteiger partial charge is 0.0374 e. The van der Waals surface area contributed by atoms with Crippen LogP contribution in [-0.2, 0) is 5.41 Å². The summed E-state index contributed by atoms with van der Waals surface area (Å²) >= 11 is 0. The Labute approximate surface area is 125 Å². The molecule has 0 spiro atoms. The van der Waals surface area contributed by atoms with E-state index in [4.69, 9.17) is 0 Å². The Morgan fingerprint density at radius 2 is 1.65 bits per heavy atom. The van der Waals surface area contributed by atoms with Crippen molar-refractivity contribution in [3.05, 3.63) is 35.4 Å². The zero-order valence-corrected chi connectivity index (χ0v) is 13.9. The molecule has 1 fully saturated rings. The average Bonchev–Trinajstić information content (AvgIpc) is 2.83. The molecule has 1 N–H and O–H groups in total. The standard InChI is InChI=1S/C19H31N/c1-6-20-17(19(5)13-7-8-14-19)15-9-11-16(12-10-15)18(2,3)4/h9-12,17,20H,6-8,13-14H2,1-5H3. The highest BCUT2D eigenvalue weighted by Crippen LogP contribution is 2.47. The minimum atomic E-state index is 0.240. The third kappa shape index (κ3) is 3.25. The van der Waals surface area contributed by atoms with Crippen molar-refractivity contribution in [1.82, 2.24) is 5.32 Å². The fourth-order valence-electron chi connectivity index (χ4n) is 3.62. The van der Waals surface area contributed by atoms with Gasteiger partial charge in [-0.25, -0.2) is 0 Å². The summed E-state index contributed by atoms with van der Waals surface area (Å²) in [5.74, 6) is 0. The van der Waals surface area contributed by atoms with E-state index >= 15 is 0 Å². The summed E-state index contributed by atoms with van der Waals surface area (Å²) in [6, 6.07) is 9.83. The number of hydrogen-bond donors (Lipinski definition) is 1. The van der Waals surface area contributed by atoms with Crippen molar-refractivity contribution >= 4 is 0 Å². The molecule has 0 amide bonds. The van der Waals surface area contributed by atoms with Crippen LogP contribution in [0.3, 0.4) is 0 Å². The molecule has 0 bridgehead atoms.